The average molecular weight is 248 g/mol. The van der Waals surface area contributed by atoms with Crippen molar-refractivity contribution in [3.05, 3.63) is 35.4 Å². The van der Waals surface area contributed by atoms with Crippen molar-refractivity contribution in [3.8, 4) is 0 Å². The third kappa shape index (κ3) is 4.11. The van der Waals surface area contributed by atoms with E-state index < -0.39 is 0 Å². The number of nitrogens with zero attached hydrogens (tertiary/aromatic N) is 1. The van der Waals surface area contributed by atoms with Crippen molar-refractivity contribution in [1.82, 2.24) is 4.90 Å². The van der Waals surface area contributed by atoms with Crippen molar-refractivity contribution in [1.29, 1.82) is 0 Å². The zero-order valence-electron chi connectivity index (χ0n) is 12.3. The molecule has 0 heterocycles. The minimum atomic E-state index is 0.351. The summed E-state index contributed by atoms with van der Waals surface area (Å²) in [5.74, 6) is 0.726. The van der Waals surface area contributed by atoms with Gasteiger partial charge in [0.2, 0.25) is 0 Å². The van der Waals surface area contributed by atoms with Crippen LogP contribution in [0.25, 0.3) is 0 Å². The Hall–Kier alpha value is -0.860. The van der Waals surface area contributed by atoms with Gasteiger partial charge in [-0.05, 0) is 24.9 Å². The molecule has 1 aromatic rings. The first-order valence-corrected chi connectivity index (χ1v) is 7.13. The SMILES string of the molecule is CCC(C)CN(CC)C(CN)c1ccc(C)cc1. The minimum Gasteiger partial charge on any atom is -0.329 e. The molecule has 1 rings (SSSR count). The molecule has 0 spiro atoms. The molecule has 0 aliphatic rings. The molecule has 2 nitrogen and oxygen atoms in total. The van der Waals surface area contributed by atoms with Gasteiger partial charge in [0, 0.05) is 19.1 Å². The van der Waals surface area contributed by atoms with E-state index in [1.165, 1.54) is 17.5 Å². The third-order valence-corrected chi connectivity index (χ3v) is 3.78. The van der Waals surface area contributed by atoms with Crippen LogP contribution in [0.15, 0.2) is 24.3 Å². The molecular weight excluding hydrogens is 220 g/mol. The van der Waals surface area contributed by atoms with Gasteiger partial charge in [-0.25, -0.2) is 0 Å². The van der Waals surface area contributed by atoms with E-state index in [2.05, 4.69) is 56.9 Å². The normalized spacial score (nSPS) is 14.8. The maximum absolute atomic E-state index is 5.99. The molecule has 2 unspecified atom stereocenters. The molecule has 18 heavy (non-hydrogen) atoms. The number of nitrogens with two attached hydrogens (primary N) is 1. The molecule has 0 aliphatic heterocycles. The topological polar surface area (TPSA) is 29.3 Å². The lowest BCUT2D eigenvalue weighted by molar-refractivity contribution is 0.182. The summed E-state index contributed by atoms with van der Waals surface area (Å²) < 4.78 is 0. The number of hydrogen-bond donors (Lipinski definition) is 1. The fourth-order valence-corrected chi connectivity index (χ4v) is 2.29. The highest BCUT2D eigenvalue weighted by atomic mass is 15.2. The van der Waals surface area contributed by atoms with Gasteiger partial charge in [0.25, 0.3) is 0 Å². The van der Waals surface area contributed by atoms with E-state index in [0.29, 0.717) is 12.6 Å². The van der Waals surface area contributed by atoms with Crippen molar-refractivity contribution in [2.45, 2.75) is 40.2 Å². The Balaban J connectivity index is 2.82. The van der Waals surface area contributed by atoms with Crippen LogP contribution in [0, 0.1) is 12.8 Å². The summed E-state index contributed by atoms with van der Waals surface area (Å²) in [6.07, 6.45) is 1.22. The molecule has 0 fully saturated rings. The second-order valence-corrected chi connectivity index (χ2v) is 5.26. The Morgan fingerprint density at radius 3 is 2.22 bits per heavy atom. The quantitative estimate of drug-likeness (QED) is 0.801. The van der Waals surface area contributed by atoms with Crippen LogP contribution in [-0.4, -0.2) is 24.5 Å². The molecule has 0 aromatic heterocycles. The van der Waals surface area contributed by atoms with Crippen LogP contribution in [0.5, 0.6) is 0 Å². The van der Waals surface area contributed by atoms with Gasteiger partial charge in [-0.3, -0.25) is 4.90 Å². The van der Waals surface area contributed by atoms with Gasteiger partial charge in [-0.15, -0.1) is 0 Å². The molecule has 0 radical (unpaired) electrons. The second kappa shape index (κ2) is 7.55. The lowest BCUT2D eigenvalue weighted by atomic mass is 10.0. The van der Waals surface area contributed by atoms with E-state index in [1.807, 2.05) is 0 Å². The predicted molar refractivity (Wildman–Crippen MR) is 79.7 cm³/mol. The number of aryl methyl sites for hydroxylation is 1. The minimum absolute atomic E-state index is 0.351. The molecule has 0 amide bonds. The Kier molecular flexibility index (Phi) is 6.37. The molecule has 102 valence electrons. The summed E-state index contributed by atoms with van der Waals surface area (Å²) in [6, 6.07) is 9.13. The van der Waals surface area contributed by atoms with Crippen LogP contribution in [-0.2, 0) is 0 Å². The van der Waals surface area contributed by atoms with Crippen LogP contribution < -0.4 is 5.73 Å². The lowest BCUT2D eigenvalue weighted by Gasteiger charge is -2.32. The van der Waals surface area contributed by atoms with Gasteiger partial charge >= 0.3 is 0 Å². The van der Waals surface area contributed by atoms with Crippen LogP contribution >= 0.6 is 0 Å². The van der Waals surface area contributed by atoms with Gasteiger partial charge in [-0.2, -0.15) is 0 Å². The molecule has 2 atom stereocenters. The van der Waals surface area contributed by atoms with E-state index >= 15 is 0 Å². The van der Waals surface area contributed by atoms with Crippen LogP contribution in [0.3, 0.4) is 0 Å². The Morgan fingerprint density at radius 1 is 1.17 bits per heavy atom. The molecule has 0 aliphatic carbocycles. The van der Waals surface area contributed by atoms with E-state index in [4.69, 9.17) is 5.73 Å². The fourth-order valence-electron chi connectivity index (χ4n) is 2.29. The van der Waals surface area contributed by atoms with E-state index in [0.717, 1.165) is 19.0 Å². The summed E-state index contributed by atoms with van der Waals surface area (Å²) >= 11 is 0. The molecule has 0 bridgehead atoms. The number of rotatable bonds is 7. The van der Waals surface area contributed by atoms with Crippen LogP contribution in [0.1, 0.15) is 44.4 Å². The molecule has 1 aromatic carbocycles. The van der Waals surface area contributed by atoms with Crippen LogP contribution in [0.4, 0.5) is 0 Å². The monoisotopic (exact) mass is 248 g/mol. The maximum atomic E-state index is 5.99. The first-order chi connectivity index (χ1) is 8.62. The first kappa shape index (κ1) is 15.2. The molecule has 2 N–H and O–H groups in total. The van der Waals surface area contributed by atoms with Gasteiger partial charge in [0.15, 0.2) is 0 Å². The summed E-state index contributed by atoms with van der Waals surface area (Å²) in [5, 5.41) is 0. The van der Waals surface area contributed by atoms with Crippen molar-refractivity contribution < 1.29 is 0 Å². The van der Waals surface area contributed by atoms with E-state index in [1.54, 1.807) is 0 Å². The molecule has 0 saturated heterocycles. The van der Waals surface area contributed by atoms with Gasteiger partial charge < -0.3 is 5.73 Å². The summed E-state index contributed by atoms with van der Waals surface area (Å²) in [6.45, 7) is 11.8. The number of hydrogen-bond acceptors (Lipinski definition) is 2. The van der Waals surface area contributed by atoms with Gasteiger partial charge in [0.1, 0.15) is 0 Å². The van der Waals surface area contributed by atoms with Crippen molar-refractivity contribution in [2.24, 2.45) is 11.7 Å². The lowest BCUT2D eigenvalue weighted by Crippen LogP contribution is -2.36. The molecular formula is C16H28N2. The first-order valence-electron chi connectivity index (χ1n) is 7.13. The summed E-state index contributed by atoms with van der Waals surface area (Å²) in [4.78, 5) is 2.50. The van der Waals surface area contributed by atoms with Crippen molar-refractivity contribution in [3.63, 3.8) is 0 Å². The zero-order valence-corrected chi connectivity index (χ0v) is 12.3. The van der Waals surface area contributed by atoms with Gasteiger partial charge in [0.05, 0.1) is 0 Å². The number of benzene rings is 1. The van der Waals surface area contributed by atoms with Gasteiger partial charge in [-0.1, -0.05) is 57.0 Å². The molecule has 0 saturated carbocycles. The standard InChI is InChI=1S/C16H28N2/c1-5-13(3)12-18(6-2)16(11-17)15-9-7-14(4)8-10-15/h7-10,13,16H,5-6,11-12,17H2,1-4H3. The zero-order chi connectivity index (χ0) is 13.5. The second-order valence-electron chi connectivity index (χ2n) is 5.26. The molecule has 2 heteroatoms. The Bertz CT molecular complexity index is 331. The fraction of sp³-hybridized carbons (Fsp3) is 0.625. The predicted octanol–water partition coefficient (Wildman–Crippen LogP) is 3.36. The Morgan fingerprint density at radius 2 is 1.78 bits per heavy atom. The number of likely N-dealkylation sites (N-methyl/N-ethyl adjacent to an activating group) is 1. The highest BCUT2D eigenvalue weighted by Crippen LogP contribution is 2.21. The maximum Gasteiger partial charge on any atom is 0.0470 e. The summed E-state index contributed by atoms with van der Waals surface area (Å²) in [7, 11) is 0. The Labute approximate surface area is 112 Å². The highest BCUT2D eigenvalue weighted by Gasteiger charge is 2.18. The van der Waals surface area contributed by atoms with E-state index in [-0.39, 0.29) is 0 Å². The van der Waals surface area contributed by atoms with Crippen LogP contribution in [0.2, 0.25) is 0 Å². The summed E-state index contributed by atoms with van der Waals surface area (Å²) in [5.41, 5.74) is 8.64. The largest absolute Gasteiger partial charge is 0.329 e. The van der Waals surface area contributed by atoms with Crippen molar-refractivity contribution >= 4 is 0 Å². The average Bonchev–Trinajstić information content (AvgIpc) is 2.40. The third-order valence-electron chi connectivity index (χ3n) is 3.78. The highest BCUT2D eigenvalue weighted by molar-refractivity contribution is 5.24. The van der Waals surface area contributed by atoms with Crippen molar-refractivity contribution in [2.75, 3.05) is 19.6 Å². The smallest absolute Gasteiger partial charge is 0.0470 e. The van der Waals surface area contributed by atoms with E-state index in [9.17, 15) is 0 Å².